The molecule has 3 heteroatoms. The standard InChI is InChI=1S/C13H17FO2/c1-9(2)6-7-16-11-4-5-12(10(3)15)13(14)8-11/h4-5,8,10,15H,1,6-7H2,2-3H3. The molecule has 1 aromatic rings. The Morgan fingerprint density at radius 3 is 2.75 bits per heavy atom. The molecule has 1 unspecified atom stereocenters. The van der Waals surface area contributed by atoms with E-state index in [1.165, 1.54) is 19.1 Å². The Balaban J connectivity index is 2.63. The number of aliphatic hydroxyl groups is 1. The Morgan fingerprint density at radius 1 is 1.56 bits per heavy atom. The van der Waals surface area contributed by atoms with E-state index in [1.807, 2.05) is 6.92 Å². The number of hydrogen-bond donors (Lipinski definition) is 1. The van der Waals surface area contributed by atoms with Crippen LogP contribution in [-0.4, -0.2) is 11.7 Å². The highest BCUT2D eigenvalue weighted by molar-refractivity contribution is 5.30. The van der Waals surface area contributed by atoms with Gasteiger partial charge in [0, 0.05) is 18.1 Å². The molecule has 0 radical (unpaired) electrons. The second-order valence-corrected chi connectivity index (χ2v) is 3.91. The monoisotopic (exact) mass is 224 g/mol. The smallest absolute Gasteiger partial charge is 0.132 e. The molecule has 2 nitrogen and oxygen atoms in total. The van der Waals surface area contributed by atoms with Gasteiger partial charge in [-0.2, -0.15) is 0 Å². The highest BCUT2D eigenvalue weighted by atomic mass is 19.1. The summed E-state index contributed by atoms with van der Waals surface area (Å²) in [6, 6.07) is 4.49. The molecule has 1 N–H and O–H groups in total. The van der Waals surface area contributed by atoms with Crippen molar-refractivity contribution < 1.29 is 14.2 Å². The molecule has 0 aliphatic carbocycles. The van der Waals surface area contributed by atoms with Gasteiger partial charge in [0.25, 0.3) is 0 Å². The van der Waals surface area contributed by atoms with E-state index in [-0.39, 0.29) is 5.56 Å². The lowest BCUT2D eigenvalue weighted by molar-refractivity contribution is 0.194. The SMILES string of the molecule is C=C(C)CCOc1ccc(C(C)O)c(F)c1. The molecule has 0 amide bonds. The molecule has 16 heavy (non-hydrogen) atoms. The first-order valence-electron chi connectivity index (χ1n) is 5.25. The highest BCUT2D eigenvalue weighted by Crippen LogP contribution is 2.21. The zero-order chi connectivity index (χ0) is 12.1. The van der Waals surface area contributed by atoms with Gasteiger partial charge < -0.3 is 9.84 Å². The summed E-state index contributed by atoms with van der Waals surface area (Å²) in [5.74, 6) is 0.0333. The van der Waals surface area contributed by atoms with Crippen LogP contribution in [0.1, 0.15) is 31.9 Å². The van der Waals surface area contributed by atoms with Gasteiger partial charge in [0.15, 0.2) is 0 Å². The topological polar surface area (TPSA) is 29.5 Å². The molecule has 0 fully saturated rings. The first kappa shape index (κ1) is 12.7. The molecule has 1 aromatic carbocycles. The predicted molar refractivity (Wildman–Crippen MR) is 62.0 cm³/mol. The molecule has 0 heterocycles. The van der Waals surface area contributed by atoms with Crippen molar-refractivity contribution in [2.45, 2.75) is 26.4 Å². The Hall–Kier alpha value is -1.35. The Bertz CT molecular complexity index is 372. The molecule has 0 bridgehead atoms. The quantitative estimate of drug-likeness (QED) is 0.778. The minimum absolute atomic E-state index is 0.284. The first-order chi connectivity index (χ1) is 7.50. The third-order valence-electron chi connectivity index (χ3n) is 2.22. The fourth-order valence-corrected chi connectivity index (χ4v) is 1.28. The summed E-state index contributed by atoms with van der Waals surface area (Å²) < 4.78 is 18.8. The van der Waals surface area contributed by atoms with Crippen molar-refractivity contribution in [2.75, 3.05) is 6.61 Å². The van der Waals surface area contributed by atoms with Crippen molar-refractivity contribution in [3.63, 3.8) is 0 Å². The largest absolute Gasteiger partial charge is 0.493 e. The number of halogens is 1. The molecule has 0 spiro atoms. The third kappa shape index (κ3) is 3.66. The van der Waals surface area contributed by atoms with Gasteiger partial charge >= 0.3 is 0 Å². The van der Waals surface area contributed by atoms with Crippen molar-refractivity contribution in [1.29, 1.82) is 0 Å². The molecular formula is C13H17FO2. The average molecular weight is 224 g/mol. The van der Waals surface area contributed by atoms with Crippen molar-refractivity contribution in [2.24, 2.45) is 0 Å². The molecule has 1 atom stereocenters. The maximum Gasteiger partial charge on any atom is 0.132 e. The zero-order valence-electron chi connectivity index (χ0n) is 9.66. The van der Waals surface area contributed by atoms with E-state index in [2.05, 4.69) is 6.58 Å². The molecule has 0 aliphatic rings. The van der Waals surface area contributed by atoms with E-state index in [9.17, 15) is 9.50 Å². The van der Waals surface area contributed by atoms with Crippen LogP contribution in [-0.2, 0) is 0 Å². The summed E-state index contributed by atoms with van der Waals surface area (Å²) in [4.78, 5) is 0. The molecule has 88 valence electrons. The van der Waals surface area contributed by atoms with Gasteiger partial charge in [-0.25, -0.2) is 4.39 Å². The van der Waals surface area contributed by atoms with E-state index in [0.717, 1.165) is 12.0 Å². The van der Waals surface area contributed by atoms with Crippen LogP contribution in [0.5, 0.6) is 5.75 Å². The van der Waals surface area contributed by atoms with Gasteiger partial charge in [0.2, 0.25) is 0 Å². The van der Waals surface area contributed by atoms with Gasteiger partial charge in [0.1, 0.15) is 11.6 Å². The number of hydrogen-bond acceptors (Lipinski definition) is 2. The van der Waals surface area contributed by atoms with Gasteiger partial charge in [-0.1, -0.05) is 5.57 Å². The van der Waals surface area contributed by atoms with Gasteiger partial charge in [0.05, 0.1) is 12.7 Å². The van der Waals surface area contributed by atoms with Crippen LogP contribution in [0.4, 0.5) is 4.39 Å². The predicted octanol–water partition coefficient (Wildman–Crippen LogP) is 3.22. The van der Waals surface area contributed by atoms with Crippen LogP contribution in [0.3, 0.4) is 0 Å². The van der Waals surface area contributed by atoms with Crippen LogP contribution < -0.4 is 4.74 Å². The summed E-state index contributed by atoms with van der Waals surface area (Å²) in [7, 11) is 0. The van der Waals surface area contributed by atoms with Crippen molar-refractivity contribution in [1.82, 2.24) is 0 Å². The molecule has 0 saturated heterocycles. The van der Waals surface area contributed by atoms with Crippen LogP contribution in [0.25, 0.3) is 0 Å². The van der Waals surface area contributed by atoms with E-state index >= 15 is 0 Å². The lowest BCUT2D eigenvalue weighted by Crippen LogP contribution is -2.00. The summed E-state index contributed by atoms with van der Waals surface area (Å²) in [5.41, 5.74) is 1.31. The van der Waals surface area contributed by atoms with Crippen LogP contribution in [0.2, 0.25) is 0 Å². The van der Waals surface area contributed by atoms with Crippen molar-refractivity contribution in [3.05, 3.63) is 41.7 Å². The Morgan fingerprint density at radius 2 is 2.25 bits per heavy atom. The van der Waals surface area contributed by atoms with E-state index in [4.69, 9.17) is 4.74 Å². The van der Waals surface area contributed by atoms with Crippen LogP contribution in [0, 0.1) is 5.82 Å². The van der Waals surface area contributed by atoms with Crippen LogP contribution in [0.15, 0.2) is 30.4 Å². The van der Waals surface area contributed by atoms with Gasteiger partial charge in [-0.3, -0.25) is 0 Å². The Labute approximate surface area is 95.4 Å². The average Bonchev–Trinajstić information content (AvgIpc) is 2.16. The van der Waals surface area contributed by atoms with Crippen molar-refractivity contribution in [3.8, 4) is 5.75 Å². The van der Waals surface area contributed by atoms with Crippen LogP contribution >= 0.6 is 0 Å². The maximum absolute atomic E-state index is 13.4. The number of ether oxygens (including phenoxy) is 1. The van der Waals surface area contributed by atoms with Crippen molar-refractivity contribution >= 4 is 0 Å². The minimum atomic E-state index is -0.801. The lowest BCUT2D eigenvalue weighted by Gasteiger charge is -2.09. The van der Waals surface area contributed by atoms with Gasteiger partial charge in [-0.15, -0.1) is 6.58 Å². The first-order valence-corrected chi connectivity index (χ1v) is 5.25. The lowest BCUT2D eigenvalue weighted by atomic mass is 10.1. The summed E-state index contributed by atoms with van der Waals surface area (Å²) in [6.07, 6.45) is -0.0516. The van der Waals surface area contributed by atoms with E-state index in [1.54, 1.807) is 6.07 Å². The molecule has 0 aliphatic heterocycles. The maximum atomic E-state index is 13.4. The number of aliphatic hydroxyl groups excluding tert-OH is 1. The third-order valence-corrected chi connectivity index (χ3v) is 2.22. The van der Waals surface area contributed by atoms with E-state index < -0.39 is 11.9 Å². The summed E-state index contributed by atoms with van der Waals surface area (Å²) in [6.45, 7) is 7.69. The zero-order valence-corrected chi connectivity index (χ0v) is 9.66. The second-order valence-electron chi connectivity index (χ2n) is 3.91. The summed E-state index contributed by atoms with van der Waals surface area (Å²) in [5, 5.41) is 9.25. The fourth-order valence-electron chi connectivity index (χ4n) is 1.28. The molecule has 0 saturated carbocycles. The number of rotatable bonds is 5. The Kier molecular flexibility index (Phi) is 4.50. The molecule has 0 aromatic heterocycles. The number of benzene rings is 1. The summed E-state index contributed by atoms with van der Waals surface area (Å²) >= 11 is 0. The second kappa shape index (κ2) is 5.66. The molecule has 1 rings (SSSR count). The van der Waals surface area contributed by atoms with E-state index in [0.29, 0.717) is 12.4 Å². The highest BCUT2D eigenvalue weighted by Gasteiger charge is 2.08. The minimum Gasteiger partial charge on any atom is -0.493 e. The van der Waals surface area contributed by atoms with Gasteiger partial charge in [-0.05, 0) is 26.0 Å². The fraction of sp³-hybridized carbons (Fsp3) is 0.385. The molecular weight excluding hydrogens is 207 g/mol. The normalized spacial score (nSPS) is 12.2.